The zero-order valence-electron chi connectivity index (χ0n) is 13.8. The van der Waals surface area contributed by atoms with E-state index in [1.54, 1.807) is 0 Å². The zero-order valence-corrected chi connectivity index (χ0v) is 13.8. The largest absolute Gasteiger partial charge is 0.328 e. The van der Waals surface area contributed by atoms with E-state index in [1.165, 1.54) is 5.06 Å². The average molecular weight is 282 g/mol. The maximum atomic E-state index is 12.2. The molecule has 1 aliphatic carbocycles. The fourth-order valence-electron chi connectivity index (χ4n) is 3.04. The number of hydroxylamine groups is 2. The van der Waals surface area contributed by atoms with Crippen molar-refractivity contribution >= 4 is 5.91 Å². The Labute approximate surface area is 123 Å². The quantitative estimate of drug-likeness (QED) is 0.815. The Hall–Kier alpha value is -0.870. The summed E-state index contributed by atoms with van der Waals surface area (Å²) in [5.41, 5.74) is -0.175. The standard InChI is InChI=1S/C14H24N2O2.C2H6/c1-13(2)9-11(14(3,4)16(13)18)15-12(17)10-7-5-6-8-10;1-2/h9-10,18H,5-8H2,1-4H3,(H,15,17);1-2H3. The van der Waals surface area contributed by atoms with Gasteiger partial charge in [-0.15, -0.1) is 0 Å². The molecule has 1 heterocycles. The van der Waals surface area contributed by atoms with Gasteiger partial charge in [0.1, 0.15) is 0 Å². The first-order chi connectivity index (χ1) is 9.25. The van der Waals surface area contributed by atoms with Gasteiger partial charge in [0.25, 0.3) is 0 Å². The first-order valence-corrected chi connectivity index (χ1v) is 7.78. The molecule has 1 saturated carbocycles. The van der Waals surface area contributed by atoms with E-state index >= 15 is 0 Å². The smallest absolute Gasteiger partial charge is 0.227 e. The van der Waals surface area contributed by atoms with Crippen molar-refractivity contribution in [1.82, 2.24) is 10.4 Å². The summed E-state index contributed by atoms with van der Waals surface area (Å²) in [6.45, 7) is 11.7. The van der Waals surface area contributed by atoms with Crippen LogP contribution in [0, 0.1) is 5.92 Å². The minimum Gasteiger partial charge on any atom is -0.328 e. The van der Waals surface area contributed by atoms with Crippen LogP contribution in [0.2, 0.25) is 0 Å². The fraction of sp³-hybridized carbons (Fsp3) is 0.812. The third-order valence-corrected chi connectivity index (χ3v) is 4.22. The Kier molecular flexibility index (Phi) is 5.39. The molecule has 2 N–H and O–H groups in total. The Morgan fingerprint density at radius 2 is 1.75 bits per heavy atom. The summed E-state index contributed by atoms with van der Waals surface area (Å²) in [5.74, 6) is 0.260. The Morgan fingerprint density at radius 3 is 2.15 bits per heavy atom. The maximum absolute atomic E-state index is 12.2. The van der Waals surface area contributed by atoms with Crippen molar-refractivity contribution in [2.24, 2.45) is 5.92 Å². The van der Waals surface area contributed by atoms with Crippen LogP contribution in [0.15, 0.2) is 11.8 Å². The van der Waals surface area contributed by atoms with E-state index in [9.17, 15) is 10.0 Å². The molecule has 0 atom stereocenters. The first kappa shape index (κ1) is 17.2. The van der Waals surface area contributed by atoms with Gasteiger partial charge in [-0.3, -0.25) is 4.79 Å². The number of carbonyl (C=O) groups is 1. The van der Waals surface area contributed by atoms with E-state index in [-0.39, 0.29) is 11.8 Å². The van der Waals surface area contributed by atoms with E-state index in [0.29, 0.717) is 0 Å². The summed E-state index contributed by atoms with van der Waals surface area (Å²) in [7, 11) is 0. The predicted octanol–water partition coefficient (Wildman–Crippen LogP) is 3.46. The van der Waals surface area contributed by atoms with E-state index in [1.807, 2.05) is 47.6 Å². The minimum atomic E-state index is -0.544. The number of hydrogen-bond donors (Lipinski definition) is 2. The van der Waals surface area contributed by atoms with Gasteiger partial charge < -0.3 is 10.5 Å². The van der Waals surface area contributed by atoms with Crippen LogP contribution >= 0.6 is 0 Å². The lowest BCUT2D eigenvalue weighted by Crippen LogP contribution is -2.50. The molecule has 116 valence electrons. The van der Waals surface area contributed by atoms with Crippen molar-refractivity contribution in [3.63, 3.8) is 0 Å². The second-order valence-electron chi connectivity index (χ2n) is 6.55. The molecule has 0 radical (unpaired) electrons. The lowest BCUT2D eigenvalue weighted by atomic mass is 10.0. The first-order valence-electron chi connectivity index (χ1n) is 7.78. The average Bonchev–Trinajstić information content (AvgIpc) is 2.97. The third-order valence-electron chi connectivity index (χ3n) is 4.22. The van der Waals surface area contributed by atoms with Crippen molar-refractivity contribution in [1.29, 1.82) is 0 Å². The minimum absolute atomic E-state index is 0.109. The highest BCUT2D eigenvalue weighted by Crippen LogP contribution is 2.37. The van der Waals surface area contributed by atoms with Gasteiger partial charge in [0.2, 0.25) is 5.91 Å². The Morgan fingerprint density at radius 1 is 1.25 bits per heavy atom. The van der Waals surface area contributed by atoms with Crippen molar-refractivity contribution in [3.05, 3.63) is 11.8 Å². The summed E-state index contributed by atoms with van der Waals surface area (Å²) >= 11 is 0. The van der Waals surface area contributed by atoms with Crippen molar-refractivity contribution in [2.45, 2.75) is 78.3 Å². The maximum Gasteiger partial charge on any atom is 0.227 e. The van der Waals surface area contributed by atoms with Crippen LogP contribution in [-0.4, -0.2) is 27.3 Å². The topological polar surface area (TPSA) is 52.6 Å². The molecular weight excluding hydrogens is 252 g/mol. The highest BCUT2D eigenvalue weighted by atomic mass is 16.5. The van der Waals surface area contributed by atoms with Crippen LogP contribution < -0.4 is 5.32 Å². The highest BCUT2D eigenvalue weighted by molar-refractivity contribution is 5.81. The summed E-state index contributed by atoms with van der Waals surface area (Å²) in [5, 5.41) is 14.5. The molecule has 1 aliphatic heterocycles. The molecule has 4 nitrogen and oxygen atoms in total. The molecule has 0 aromatic carbocycles. The Balaban J connectivity index is 0.000000956. The van der Waals surface area contributed by atoms with E-state index in [0.717, 1.165) is 31.4 Å². The number of hydrogen-bond acceptors (Lipinski definition) is 3. The molecule has 0 aromatic rings. The molecule has 1 amide bonds. The van der Waals surface area contributed by atoms with Crippen LogP contribution in [0.25, 0.3) is 0 Å². The van der Waals surface area contributed by atoms with Crippen molar-refractivity contribution in [3.8, 4) is 0 Å². The fourth-order valence-corrected chi connectivity index (χ4v) is 3.04. The zero-order chi connectivity index (χ0) is 15.6. The molecule has 0 unspecified atom stereocenters. The van der Waals surface area contributed by atoms with Crippen molar-refractivity contribution in [2.75, 3.05) is 0 Å². The van der Waals surface area contributed by atoms with Crippen LogP contribution in [0.3, 0.4) is 0 Å². The molecule has 0 spiro atoms. The lowest BCUT2D eigenvalue weighted by molar-refractivity contribution is -0.186. The number of amides is 1. The second kappa shape index (κ2) is 6.27. The van der Waals surface area contributed by atoms with Crippen LogP contribution in [0.5, 0.6) is 0 Å². The summed E-state index contributed by atoms with van der Waals surface area (Å²) in [6.07, 6.45) is 6.23. The van der Waals surface area contributed by atoms with Gasteiger partial charge >= 0.3 is 0 Å². The molecule has 1 fully saturated rings. The number of nitrogens with one attached hydrogen (secondary N) is 1. The summed E-state index contributed by atoms with van der Waals surface area (Å²) in [6, 6.07) is 0. The normalized spacial score (nSPS) is 24.9. The monoisotopic (exact) mass is 282 g/mol. The number of carbonyl (C=O) groups excluding carboxylic acids is 1. The predicted molar refractivity (Wildman–Crippen MR) is 81.3 cm³/mol. The van der Waals surface area contributed by atoms with Crippen LogP contribution in [0.1, 0.15) is 67.2 Å². The molecule has 0 saturated heterocycles. The van der Waals surface area contributed by atoms with Gasteiger partial charge in [0.05, 0.1) is 11.1 Å². The summed E-state index contributed by atoms with van der Waals surface area (Å²) < 4.78 is 0. The van der Waals surface area contributed by atoms with Gasteiger partial charge in [-0.05, 0) is 46.6 Å². The van der Waals surface area contributed by atoms with Gasteiger partial charge in [-0.25, -0.2) is 0 Å². The van der Waals surface area contributed by atoms with Gasteiger partial charge in [0, 0.05) is 11.6 Å². The molecule has 0 bridgehead atoms. The number of rotatable bonds is 2. The lowest BCUT2D eigenvalue weighted by Gasteiger charge is -2.36. The third kappa shape index (κ3) is 3.23. The highest BCUT2D eigenvalue weighted by Gasteiger charge is 2.46. The Bertz CT molecular complexity index is 380. The number of nitrogens with zero attached hydrogens (tertiary/aromatic N) is 1. The molecule has 2 rings (SSSR count). The van der Waals surface area contributed by atoms with Gasteiger partial charge in [0.15, 0.2) is 0 Å². The molecule has 20 heavy (non-hydrogen) atoms. The molecule has 0 aromatic heterocycles. The molecule has 2 aliphatic rings. The second-order valence-corrected chi connectivity index (χ2v) is 6.55. The molecule has 4 heteroatoms. The van der Waals surface area contributed by atoms with Crippen LogP contribution in [0.4, 0.5) is 0 Å². The van der Waals surface area contributed by atoms with E-state index < -0.39 is 11.1 Å². The summed E-state index contributed by atoms with van der Waals surface area (Å²) in [4.78, 5) is 12.2. The van der Waals surface area contributed by atoms with Gasteiger partial charge in [-0.2, -0.15) is 5.06 Å². The van der Waals surface area contributed by atoms with E-state index in [2.05, 4.69) is 5.32 Å². The van der Waals surface area contributed by atoms with E-state index in [4.69, 9.17) is 0 Å². The molecular formula is C16H30N2O2. The van der Waals surface area contributed by atoms with Gasteiger partial charge in [-0.1, -0.05) is 26.7 Å². The van der Waals surface area contributed by atoms with Crippen LogP contribution in [-0.2, 0) is 4.79 Å². The van der Waals surface area contributed by atoms with Crippen molar-refractivity contribution < 1.29 is 10.0 Å². The SMILES string of the molecule is CC.CC1(C)C=C(NC(=O)C2CCCC2)C(C)(C)N1O.